The molecule has 1 unspecified atom stereocenters. The van der Waals surface area contributed by atoms with E-state index in [0.29, 0.717) is 30.4 Å². The Morgan fingerprint density at radius 2 is 1.92 bits per heavy atom. The number of carboxylic acids is 1. The average molecular weight is 358 g/mol. The van der Waals surface area contributed by atoms with Crippen molar-refractivity contribution in [1.29, 1.82) is 0 Å². The number of aromatic nitrogens is 1. The Bertz CT molecular complexity index is 764. The Morgan fingerprint density at radius 1 is 1.27 bits per heavy atom. The van der Waals surface area contributed by atoms with Crippen molar-refractivity contribution in [2.45, 2.75) is 58.4 Å². The van der Waals surface area contributed by atoms with Gasteiger partial charge in [-0.2, -0.15) is 0 Å². The molecular weight excluding hydrogens is 332 g/mol. The second-order valence-corrected chi connectivity index (χ2v) is 6.93. The number of benzene rings is 1. The number of carbonyl (C=O) groups is 2. The fraction of sp³-hybridized carbons (Fsp3) is 0.450. The average Bonchev–Trinajstić information content (AvgIpc) is 3.08. The lowest BCUT2D eigenvalue weighted by Crippen LogP contribution is -2.51. The number of rotatable bonds is 8. The van der Waals surface area contributed by atoms with E-state index in [1.54, 1.807) is 13.1 Å². The number of aliphatic carboxylic acids is 1. The van der Waals surface area contributed by atoms with E-state index < -0.39 is 11.5 Å². The maximum absolute atomic E-state index is 12.0. The molecule has 1 atom stereocenters. The van der Waals surface area contributed by atoms with Crippen molar-refractivity contribution in [3.05, 3.63) is 41.9 Å². The minimum atomic E-state index is -1.25. The molecule has 2 aromatic rings. The van der Waals surface area contributed by atoms with E-state index in [9.17, 15) is 14.7 Å². The van der Waals surface area contributed by atoms with Gasteiger partial charge in [0.25, 0.3) is 0 Å². The molecule has 0 aliphatic rings. The van der Waals surface area contributed by atoms with Crippen molar-refractivity contribution in [2.24, 2.45) is 0 Å². The molecule has 0 radical (unpaired) electrons. The van der Waals surface area contributed by atoms with E-state index in [-0.39, 0.29) is 12.3 Å². The molecule has 1 heterocycles. The molecule has 0 aliphatic heterocycles. The number of oxazole rings is 1. The minimum absolute atomic E-state index is 0.120. The summed E-state index contributed by atoms with van der Waals surface area (Å²) < 4.78 is 5.72. The Balaban J connectivity index is 1.96. The van der Waals surface area contributed by atoms with Crippen molar-refractivity contribution < 1.29 is 19.1 Å². The van der Waals surface area contributed by atoms with Gasteiger partial charge in [-0.3, -0.25) is 4.79 Å². The topological polar surface area (TPSA) is 92.4 Å². The van der Waals surface area contributed by atoms with Crippen LogP contribution in [0.5, 0.6) is 0 Å². The van der Waals surface area contributed by atoms with Crippen LogP contribution in [0.1, 0.15) is 57.9 Å². The quantitative estimate of drug-likeness (QED) is 0.749. The number of hydrogen-bond acceptors (Lipinski definition) is 4. The molecule has 6 heteroatoms. The van der Waals surface area contributed by atoms with Crippen molar-refractivity contribution in [3.63, 3.8) is 0 Å². The van der Waals surface area contributed by atoms with E-state index in [1.807, 2.05) is 12.1 Å². The molecule has 140 valence electrons. The number of aryl methyl sites for hydroxylation is 1. The zero-order valence-electron chi connectivity index (χ0n) is 15.7. The summed E-state index contributed by atoms with van der Waals surface area (Å²) in [6, 6.07) is 8.11. The molecule has 0 spiro atoms. The number of nitrogens with zero attached hydrogens (tertiary/aromatic N) is 1. The normalized spacial score (nSPS) is 13.4. The molecule has 26 heavy (non-hydrogen) atoms. The van der Waals surface area contributed by atoms with Crippen LogP contribution >= 0.6 is 0 Å². The first kappa shape index (κ1) is 19.7. The van der Waals surface area contributed by atoms with Crippen LogP contribution in [0.4, 0.5) is 0 Å². The van der Waals surface area contributed by atoms with Gasteiger partial charge in [0, 0.05) is 18.4 Å². The zero-order chi connectivity index (χ0) is 19.3. The molecule has 2 rings (SSSR count). The summed E-state index contributed by atoms with van der Waals surface area (Å²) >= 11 is 0. The van der Waals surface area contributed by atoms with Gasteiger partial charge in [0.15, 0.2) is 11.7 Å². The predicted octanol–water partition coefficient (Wildman–Crippen LogP) is 3.77. The second-order valence-electron chi connectivity index (χ2n) is 6.93. The monoisotopic (exact) mass is 358 g/mol. The molecule has 0 bridgehead atoms. The summed E-state index contributed by atoms with van der Waals surface area (Å²) in [7, 11) is 0. The van der Waals surface area contributed by atoms with Crippen molar-refractivity contribution in [1.82, 2.24) is 10.3 Å². The fourth-order valence-electron chi connectivity index (χ4n) is 2.48. The summed E-state index contributed by atoms with van der Waals surface area (Å²) in [5.74, 6) is 0.193. The Kier molecular flexibility index (Phi) is 6.18. The summed E-state index contributed by atoms with van der Waals surface area (Å²) in [4.78, 5) is 27.5. The highest BCUT2D eigenvalue weighted by atomic mass is 16.4. The zero-order valence-corrected chi connectivity index (χ0v) is 15.7. The van der Waals surface area contributed by atoms with Gasteiger partial charge in [-0.15, -0.1) is 0 Å². The number of hydrogen-bond donors (Lipinski definition) is 2. The molecule has 6 nitrogen and oxygen atoms in total. The van der Waals surface area contributed by atoms with Crippen LogP contribution in [0.3, 0.4) is 0 Å². The largest absolute Gasteiger partial charge is 0.480 e. The van der Waals surface area contributed by atoms with Crippen LogP contribution in [-0.2, 0) is 16.0 Å². The third kappa shape index (κ3) is 4.71. The highest BCUT2D eigenvalue weighted by Gasteiger charge is 2.32. The lowest BCUT2D eigenvalue weighted by atomic mass is 9.99. The number of carbonyl (C=O) groups excluding carboxylic acids is 1. The fourth-order valence-corrected chi connectivity index (χ4v) is 2.48. The summed E-state index contributed by atoms with van der Waals surface area (Å²) in [6.45, 7) is 7.50. The van der Waals surface area contributed by atoms with Gasteiger partial charge in [-0.25, -0.2) is 9.78 Å². The first-order valence-corrected chi connectivity index (χ1v) is 8.84. The van der Waals surface area contributed by atoms with Gasteiger partial charge in [0.05, 0.1) is 6.20 Å². The van der Waals surface area contributed by atoms with Crippen LogP contribution in [0.15, 0.2) is 34.9 Å². The Labute approximate surface area is 153 Å². The van der Waals surface area contributed by atoms with Crippen LogP contribution in [0.25, 0.3) is 11.3 Å². The summed E-state index contributed by atoms with van der Waals surface area (Å²) in [5.41, 5.74) is 0.932. The molecule has 0 saturated heterocycles. The molecular formula is C20H26N2O4. The maximum Gasteiger partial charge on any atom is 0.329 e. The lowest BCUT2D eigenvalue weighted by Gasteiger charge is -2.24. The van der Waals surface area contributed by atoms with E-state index in [2.05, 4.69) is 36.3 Å². The number of amides is 1. The van der Waals surface area contributed by atoms with E-state index in [1.165, 1.54) is 12.5 Å². The van der Waals surface area contributed by atoms with Crippen LogP contribution in [0, 0.1) is 0 Å². The maximum atomic E-state index is 12.0. The molecule has 2 N–H and O–H groups in total. The van der Waals surface area contributed by atoms with Crippen molar-refractivity contribution >= 4 is 11.9 Å². The second kappa shape index (κ2) is 8.17. The summed E-state index contributed by atoms with van der Waals surface area (Å²) in [5, 5.41) is 11.8. The molecule has 0 aliphatic carbocycles. The van der Waals surface area contributed by atoms with Gasteiger partial charge >= 0.3 is 5.97 Å². The van der Waals surface area contributed by atoms with Crippen molar-refractivity contribution in [2.75, 3.05) is 0 Å². The predicted molar refractivity (Wildman–Crippen MR) is 98.8 cm³/mol. The van der Waals surface area contributed by atoms with E-state index in [4.69, 9.17) is 4.42 Å². The molecule has 0 fully saturated rings. The van der Waals surface area contributed by atoms with Gasteiger partial charge in [-0.1, -0.05) is 45.0 Å². The van der Waals surface area contributed by atoms with Gasteiger partial charge < -0.3 is 14.8 Å². The number of carboxylic acid groups (broad SMARTS) is 1. The molecule has 0 saturated carbocycles. The first-order chi connectivity index (χ1) is 12.2. The van der Waals surface area contributed by atoms with Gasteiger partial charge in [0.2, 0.25) is 5.91 Å². The van der Waals surface area contributed by atoms with Crippen LogP contribution in [0.2, 0.25) is 0 Å². The van der Waals surface area contributed by atoms with E-state index in [0.717, 1.165) is 5.56 Å². The minimum Gasteiger partial charge on any atom is -0.480 e. The third-order valence-electron chi connectivity index (χ3n) is 4.58. The molecule has 1 aromatic carbocycles. The van der Waals surface area contributed by atoms with E-state index >= 15 is 0 Å². The summed E-state index contributed by atoms with van der Waals surface area (Å²) in [6.07, 6.45) is 2.39. The highest BCUT2D eigenvalue weighted by molar-refractivity contribution is 5.86. The van der Waals surface area contributed by atoms with Crippen LogP contribution in [-0.4, -0.2) is 27.5 Å². The lowest BCUT2D eigenvalue weighted by molar-refractivity contribution is -0.147. The Hall–Kier alpha value is -2.63. The first-order valence-electron chi connectivity index (χ1n) is 8.84. The van der Waals surface area contributed by atoms with Gasteiger partial charge in [-0.05, 0) is 24.8 Å². The smallest absolute Gasteiger partial charge is 0.329 e. The standard InChI is InChI=1S/C20H26N2O4/c1-5-20(4,19(24)25)22-17(23)10-11-18-21-12-16(26-18)15-8-6-14(7-9-15)13(2)3/h6-9,12-13H,5,10-11H2,1-4H3,(H,22,23)(H,24,25). The van der Waals surface area contributed by atoms with Gasteiger partial charge in [0.1, 0.15) is 5.54 Å². The molecule has 1 amide bonds. The highest BCUT2D eigenvalue weighted by Crippen LogP contribution is 2.23. The third-order valence-corrected chi connectivity index (χ3v) is 4.58. The SMILES string of the molecule is CCC(C)(NC(=O)CCc1ncc(-c2ccc(C(C)C)cc2)o1)C(=O)O. The molecule has 1 aromatic heterocycles. The van der Waals surface area contributed by atoms with Crippen LogP contribution < -0.4 is 5.32 Å². The Morgan fingerprint density at radius 3 is 2.46 bits per heavy atom. The van der Waals surface area contributed by atoms with Crippen molar-refractivity contribution in [3.8, 4) is 11.3 Å². The number of nitrogens with one attached hydrogen (secondary N) is 1.